The van der Waals surface area contributed by atoms with Crippen LogP contribution in [0.4, 0.5) is 0 Å². The number of nitrogens with zero attached hydrogens (tertiary/aromatic N) is 1. The number of halogens is 1. The van der Waals surface area contributed by atoms with Crippen LogP contribution in [0.3, 0.4) is 0 Å². The van der Waals surface area contributed by atoms with Gasteiger partial charge in [0.25, 0.3) is 0 Å². The maximum absolute atomic E-state index is 6.06. The molecule has 2 nitrogen and oxygen atoms in total. The molecule has 20 heavy (non-hydrogen) atoms. The molecule has 0 fully saturated rings. The van der Waals surface area contributed by atoms with E-state index >= 15 is 0 Å². The highest BCUT2D eigenvalue weighted by Gasteiger charge is 2.06. The predicted molar refractivity (Wildman–Crippen MR) is 88.7 cm³/mol. The van der Waals surface area contributed by atoms with Crippen molar-refractivity contribution in [1.82, 2.24) is 10.3 Å². The fourth-order valence-corrected chi connectivity index (χ4v) is 2.87. The smallest absolute Gasteiger partial charge is 0.0945 e. The van der Waals surface area contributed by atoms with Crippen LogP contribution in [0, 0.1) is 12.8 Å². The van der Waals surface area contributed by atoms with E-state index in [4.69, 9.17) is 16.6 Å². The average Bonchev–Trinajstić information content (AvgIpc) is 2.86. The van der Waals surface area contributed by atoms with E-state index in [-0.39, 0.29) is 0 Å². The van der Waals surface area contributed by atoms with Crippen molar-refractivity contribution in [2.45, 2.75) is 27.2 Å². The molecule has 1 aromatic heterocycles. The van der Waals surface area contributed by atoms with Gasteiger partial charge >= 0.3 is 0 Å². The standard InChI is InChI=1S/C16H21ClN2S/c1-11(2)9-18-7-6-16-19-15(10-20-16)13-4-5-14(17)12(3)8-13/h4-5,8,10-11,18H,6-7,9H2,1-3H3. The molecule has 0 amide bonds. The quantitative estimate of drug-likeness (QED) is 0.791. The third kappa shape index (κ3) is 4.30. The monoisotopic (exact) mass is 308 g/mol. The van der Waals surface area contributed by atoms with Crippen LogP contribution < -0.4 is 5.32 Å². The second kappa shape index (κ2) is 7.21. The minimum Gasteiger partial charge on any atom is -0.316 e. The van der Waals surface area contributed by atoms with Crippen LogP contribution in [-0.2, 0) is 6.42 Å². The Balaban J connectivity index is 1.96. The lowest BCUT2D eigenvalue weighted by atomic mass is 10.1. The average molecular weight is 309 g/mol. The highest BCUT2D eigenvalue weighted by atomic mass is 35.5. The predicted octanol–water partition coefficient (Wildman–Crippen LogP) is 4.56. The first-order valence-electron chi connectivity index (χ1n) is 6.98. The third-order valence-electron chi connectivity index (χ3n) is 3.07. The topological polar surface area (TPSA) is 24.9 Å². The molecule has 0 saturated heterocycles. The molecule has 1 N–H and O–H groups in total. The SMILES string of the molecule is Cc1cc(-c2csc(CCNCC(C)C)n2)ccc1Cl. The summed E-state index contributed by atoms with van der Waals surface area (Å²) in [6.45, 7) is 8.52. The molecule has 0 radical (unpaired) electrons. The van der Waals surface area contributed by atoms with E-state index in [1.54, 1.807) is 11.3 Å². The minimum absolute atomic E-state index is 0.693. The van der Waals surface area contributed by atoms with Crippen molar-refractivity contribution < 1.29 is 0 Å². The third-order valence-corrected chi connectivity index (χ3v) is 4.41. The zero-order valence-electron chi connectivity index (χ0n) is 12.2. The van der Waals surface area contributed by atoms with Gasteiger partial charge in [-0.3, -0.25) is 0 Å². The molecule has 1 aromatic carbocycles. The molecule has 0 aliphatic heterocycles. The van der Waals surface area contributed by atoms with Crippen LogP contribution in [0.2, 0.25) is 5.02 Å². The van der Waals surface area contributed by atoms with Crippen LogP contribution >= 0.6 is 22.9 Å². The summed E-state index contributed by atoms with van der Waals surface area (Å²) in [6.07, 6.45) is 0.990. The van der Waals surface area contributed by atoms with Crippen LogP contribution in [0.1, 0.15) is 24.4 Å². The molecule has 0 aliphatic rings. The second-order valence-electron chi connectivity index (χ2n) is 5.44. The fourth-order valence-electron chi connectivity index (χ4n) is 1.95. The number of benzene rings is 1. The lowest BCUT2D eigenvalue weighted by Gasteiger charge is -2.05. The fraction of sp³-hybridized carbons (Fsp3) is 0.438. The largest absolute Gasteiger partial charge is 0.316 e. The first-order valence-corrected chi connectivity index (χ1v) is 8.23. The molecule has 0 spiro atoms. The van der Waals surface area contributed by atoms with Crippen molar-refractivity contribution >= 4 is 22.9 Å². The summed E-state index contributed by atoms with van der Waals surface area (Å²) in [4.78, 5) is 4.70. The number of hydrogen-bond acceptors (Lipinski definition) is 3. The van der Waals surface area contributed by atoms with E-state index in [0.717, 1.165) is 41.4 Å². The van der Waals surface area contributed by atoms with Gasteiger partial charge in [-0.25, -0.2) is 4.98 Å². The van der Waals surface area contributed by atoms with Gasteiger partial charge in [-0.2, -0.15) is 0 Å². The van der Waals surface area contributed by atoms with Crippen molar-refractivity contribution in [3.8, 4) is 11.3 Å². The lowest BCUT2D eigenvalue weighted by Crippen LogP contribution is -2.22. The van der Waals surface area contributed by atoms with Crippen molar-refractivity contribution in [1.29, 1.82) is 0 Å². The highest BCUT2D eigenvalue weighted by Crippen LogP contribution is 2.26. The van der Waals surface area contributed by atoms with E-state index in [9.17, 15) is 0 Å². The second-order valence-corrected chi connectivity index (χ2v) is 6.79. The Kier molecular flexibility index (Phi) is 5.58. The zero-order chi connectivity index (χ0) is 14.5. The Hall–Kier alpha value is -0.900. The van der Waals surface area contributed by atoms with Crippen molar-refractivity contribution in [3.63, 3.8) is 0 Å². The maximum Gasteiger partial charge on any atom is 0.0945 e. The van der Waals surface area contributed by atoms with Crippen molar-refractivity contribution in [2.75, 3.05) is 13.1 Å². The molecule has 2 aromatic rings. The zero-order valence-corrected chi connectivity index (χ0v) is 13.8. The van der Waals surface area contributed by atoms with Gasteiger partial charge in [-0.05, 0) is 37.1 Å². The van der Waals surface area contributed by atoms with Crippen LogP contribution in [0.5, 0.6) is 0 Å². The molecule has 108 valence electrons. The van der Waals surface area contributed by atoms with Crippen LogP contribution in [0.15, 0.2) is 23.6 Å². The van der Waals surface area contributed by atoms with E-state index in [1.165, 1.54) is 5.01 Å². The molecule has 4 heteroatoms. The Labute approximate surface area is 130 Å². The number of aryl methyl sites for hydroxylation is 1. The van der Waals surface area contributed by atoms with Gasteiger partial charge < -0.3 is 5.32 Å². The summed E-state index contributed by atoms with van der Waals surface area (Å²) >= 11 is 7.79. The molecular weight excluding hydrogens is 288 g/mol. The number of rotatable bonds is 6. The van der Waals surface area contributed by atoms with E-state index in [1.807, 2.05) is 19.1 Å². The van der Waals surface area contributed by atoms with Crippen molar-refractivity contribution in [3.05, 3.63) is 39.2 Å². The first kappa shape index (κ1) is 15.5. The number of aromatic nitrogens is 1. The molecular formula is C16H21ClN2S. The molecule has 0 saturated carbocycles. The van der Waals surface area contributed by atoms with Gasteiger partial charge in [0.2, 0.25) is 0 Å². The van der Waals surface area contributed by atoms with E-state index in [0.29, 0.717) is 5.92 Å². The van der Waals surface area contributed by atoms with Gasteiger partial charge in [-0.1, -0.05) is 31.5 Å². The summed E-state index contributed by atoms with van der Waals surface area (Å²) in [5.41, 5.74) is 3.29. The van der Waals surface area contributed by atoms with Crippen LogP contribution in [0.25, 0.3) is 11.3 Å². The maximum atomic E-state index is 6.06. The molecule has 1 heterocycles. The molecule has 0 atom stereocenters. The molecule has 0 unspecified atom stereocenters. The van der Waals surface area contributed by atoms with E-state index in [2.05, 4.69) is 30.6 Å². The van der Waals surface area contributed by atoms with Gasteiger partial charge in [0.05, 0.1) is 10.7 Å². The highest BCUT2D eigenvalue weighted by molar-refractivity contribution is 7.09. The first-order chi connectivity index (χ1) is 9.56. The number of nitrogens with one attached hydrogen (secondary N) is 1. The molecule has 0 bridgehead atoms. The van der Waals surface area contributed by atoms with Gasteiger partial charge in [0, 0.05) is 28.9 Å². The van der Waals surface area contributed by atoms with Gasteiger partial charge in [0.15, 0.2) is 0 Å². The normalized spacial score (nSPS) is 11.2. The summed E-state index contributed by atoms with van der Waals surface area (Å²) < 4.78 is 0. The summed E-state index contributed by atoms with van der Waals surface area (Å²) in [6, 6.07) is 6.07. The van der Waals surface area contributed by atoms with Crippen LogP contribution in [-0.4, -0.2) is 18.1 Å². The summed E-state index contributed by atoms with van der Waals surface area (Å²) in [5, 5.41) is 7.57. The Morgan fingerprint density at radius 3 is 2.85 bits per heavy atom. The summed E-state index contributed by atoms with van der Waals surface area (Å²) in [7, 11) is 0. The minimum atomic E-state index is 0.693. The van der Waals surface area contributed by atoms with Crippen molar-refractivity contribution in [2.24, 2.45) is 5.92 Å². The number of hydrogen-bond donors (Lipinski definition) is 1. The molecule has 0 aliphatic carbocycles. The molecule has 2 rings (SSSR count). The lowest BCUT2D eigenvalue weighted by molar-refractivity contribution is 0.554. The Morgan fingerprint density at radius 1 is 1.35 bits per heavy atom. The van der Waals surface area contributed by atoms with E-state index < -0.39 is 0 Å². The van der Waals surface area contributed by atoms with Gasteiger partial charge in [0.1, 0.15) is 0 Å². The Bertz CT molecular complexity index is 563. The Morgan fingerprint density at radius 2 is 2.15 bits per heavy atom. The van der Waals surface area contributed by atoms with Gasteiger partial charge in [-0.15, -0.1) is 11.3 Å². The number of thiazole rings is 1. The summed E-state index contributed by atoms with van der Waals surface area (Å²) in [5.74, 6) is 0.693.